The highest BCUT2D eigenvalue weighted by Crippen LogP contribution is 2.39. The number of likely N-dealkylation sites (tertiary alicyclic amines) is 1. The van der Waals surface area contributed by atoms with Gasteiger partial charge in [-0.05, 0) is 30.5 Å². The zero-order valence-electron chi connectivity index (χ0n) is 16.6. The maximum Gasteiger partial charge on any atom is 0.337 e. The molecule has 0 aromatic heterocycles. The lowest BCUT2D eigenvalue weighted by atomic mass is 9.83. The van der Waals surface area contributed by atoms with Crippen molar-refractivity contribution in [3.63, 3.8) is 0 Å². The molecule has 3 heterocycles. The summed E-state index contributed by atoms with van der Waals surface area (Å²) in [6, 6.07) is 8.05. The maximum atomic E-state index is 11.8. The van der Waals surface area contributed by atoms with Crippen LogP contribution in [0.1, 0.15) is 28.8 Å². The number of benzene rings is 1. The first-order valence-corrected chi connectivity index (χ1v) is 10.2. The molecular weight excluding hydrogens is 358 g/mol. The fraction of sp³-hybridized carbons (Fsp3) is 0.667. The molecule has 2 atom stereocenters. The Kier molecular flexibility index (Phi) is 5.71. The Labute approximate surface area is 166 Å². The Morgan fingerprint density at radius 2 is 2.04 bits per heavy atom. The number of fused-ring (bicyclic) bond motifs is 2. The molecule has 7 nitrogen and oxygen atoms in total. The summed E-state index contributed by atoms with van der Waals surface area (Å²) in [6.07, 6.45) is 1.42. The summed E-state index contributed by atoms with van der Waals surface area (Å²) in [4.78, 5) is 19.2. The number of hydrogen-bond acceptors (Lipinski definition) is 7. The minimum Gasteiger partial charge on any atom is -0.465 e. The number of esters is 1. The molecule has 0 aliphatic carbocycles. The third-order valence-corrected chi connectivity index (χ3v) is 6.41. The van der Waals surface area contributed by atoms with E-state index in [1.807, 2.05) is 18.2 Å². The Bertz CT molecular complexity index is 707. The maximum absolute atomic E-state index is 11.8. The van der Waals surface area contributed by atoms with E-state index in [9.17, 15) is 15.0 Å². The zero-order valence-corrected chi connectivity index (χ0v) is 16.6. The van der Waals surface area contributed by atoms with Crippen LogP contribution in [0.15, 0.2) is 24.3 Å². The fourth-order valence-electron chi connectivity index (χ4n) is 5.33. The van der Waals surface area contributed by atoms with Gasteiger partial charge in [0.15, 0.2) is 0 Å². The van der Waals surface area contributed by atoms with Crippen LogP contribution in [-0.4, -0.2) is 102 Å². The number of carbonyl (C=O) groups is 1. The Morgan fingerprint density at radius 3 is 2.79 bits per heavy atom. The molecule has 1 aromatic rings. The number of hydrogen-bond donors (Lipinski definition) is 2. The molecular formula is C21H31N3O4. The van der Waals surface area contributed by atoms with Gasteiger partial charge in [0, 0.05) is 58.5 Å². The molecule has 3 saturated heterocycles. The predicted molar refractivity (Wildman–Crippen MR) is 105 cm³/mol. The van der Waals surface area contributed by atoms with Crippen molar-refractivity contribution in [3.8, 4) is 0 Å². The third-order valence-electron chi connectivity index (χ3n) is 6.41. The molecule has 0 unspecified atom stereocenters. The Balaban J connectivity index is 1.42. The molecule has 3 aliphatic heterocycles. The van der Waals surface area contributed by atoms with E-state index in [1.54, 1.807) is 6.07 Å². The highest BCUT2D eigenvalue weighted by Gasteiger charge is 2.55. The topological polar surface area (TPSA) is 76.5 Å². The summed E-state index contributed by atoms with van der Waals surface area (Å²) >= 11 is 0. The third kappa shape index (κ3) is 3.82. The molecule has 1 spiro atoms. The van der Waals surface area contributed by atoms with Crippen LogP contribution in [0.25, 0.3) is 0 Å². The van der Waals surface area contributed by atoms with Crippen LogP contribution in [0.5, 0.6) is 0 Å². The quantitative estimate of drug-likeness (QED) is 0.671. The first kappa shape index (κ1) is 19.8. The van der Waals surface area contributed by atoms with Crippen molar-refractivity contribution in [2.24, 2.45) is 0 Å². The van der Waals surface area contributed by atoms with Crippen molar-refractivity contribution < 1.29 is 19.7 Å². The number of β-amino-alcohol motifs (C(OH)–C–C–N with tert-alkyl or cyclic N) is 1. The normalized spacial score (nSPS) is 27.5. The number of methoxy groups -OCH3 is 1. The second kappa shape index (κ2) is 8.08. The van der Waals surface area contributed by atoms with Crippen molar-refractivity contribution in [2.45, 2.75) is 37.1 Å². The van der Waals surface area contributed by atoms with Crippen LogP contribution in [0.4, 0.5) is 0 Å². The SMILES string of the molecule is COC(=O)c1cccc(CN2CC3(CN(CCCO)C[C@H]4C[C@@H](O)CN43)C2)c1. The van der Waals surface area contributed by atoms with Gasteiger partial charge < -0.3 is 14.9 Å². The number of rotatable bonds is 6. The van der Waals surface area contributed by atoms with Crippen LogP contribution >= 0.6 is 0 Å². The lowest BCUT2D eigenvalue weighted by Gasteiger charge is -2.61. The van der Waals surface area contributed by atoms with Crippen LogP contribution in [0, 0.1) is 0 Å². The molecule has 2 N–H and O–H groups in total. The minimum absolute atomic E-state index is 0.0931. The highest BCUT2D eigenvalue weighted by molar-refractivity contribution is 5.89. The molecule has 3 aliphatic rings. The van der Waals surface area contributed by atoms with Crippen molar-refractivity contribution in [2.75, 3.05) is 53.0 Å². The summed E-state index contributed by atoms with van der Waals surface area (Å²) in [5, 5.41) is 19.4. The van der Waals surface area contributed by atoms with Gasteiger partial charge in [-0.15, -0.1) is 0 Å². The highest BCUT2D eigenvalue weighted by atomic mass is 16.5. The second-order valence-corrected chi connectivity index (χ2v) is 8.57. The van der Waals surface area contributed by atoms with E-state index in [2.05, 4.69) is 14.7 Å². The number of ether oxygens (including phenoxy) is 1. The van der Waals surface area contributed by atoms with Crippen molar-refractivity contribution in [1.82, 2.24) is 14.7 Å². The van der Waals surface area contributed by atoms with Gasteiger partial charge in [-0.1, -0.05) is 12.1 Å². The van der Waals surface area contributed by atoms with Gasteiger partial charge in [-0.2, -0.15) is 0 Å². The smallest absolute Gasteiger partial charge is 0.337 e. The van der Waals surface area contributed by atoms with Gasteiger partial charge in [-0.3, -0.25) is 14.7 Å². The van der Waals surface area contributed by atoms with Crippen LogP contribution in [-0.2, 0) is 11.3 Å². The standard InChI is InChI=1S/C21H31N3O4/c1-28-20(27)17-5-2-4-16(8-17)10-23-14-21(15-23)13-22(6-3-7-25)11-18-9-19(26)12-24(18)21/h2,4-5,8,18-19,25-26H,3,6-7,9-15H2,1H3/t18-,19-/m1/s1. The molecule has 0 bridgehead atoms. The van der Waals surface area contributed by atoms with Crippen molar-refractivity contribution in [1.29, 1.82) is 0 Å². The second-order valence-electron chi connectivity index (χ2n) is 8.57. The largest absolute Gasteiger partial charge is 0.465 e. The lowest BCUT2D eigenvalue weighted by molar-refractivity contribution is -0.116. The number of aliphatic hydroxyl groups is 2. The van der Waals surface area contributed by atoms with Gasteiger partial charge in [0.1, 0.15) is 0 Å². The Morgan fingerprint density at radius 1 is 1.25 bits per heavy atom. The molecule has 0 radical (unpaired) electrons. The monoisotopic (exact) mass is 389 g/mol. The minimum atomic E-state index is -0.303. The van der Waals surface area contributed by atoms with E-state index in [0.29, 0.717) is 11.6 Å². The zero-order chi connectivity index (χ0) is 19.7. The molecule has 3 fully saturated rings. The predicted octanol–water partition coefficient (Wildman–Crippen LogP) is 0.161. The van der Waals surface area contributed by atoms with E-state index in [0.717, 1.165) is 64.2 Å². The number of aliphatic hydroxyl groups excluding tert-OH is 2. The summed E-state index contributed by atoms with van der Waals surface area (Å²) in [6.45, 7) is 6.63. The fourth-order valence-corrected chi connectivity index (χ4v) is 5.33. The number of nitrogens with zero attached hydrogens (tertiary/aromatic N) is 3. The van der Waals surface area contributed by atoms with Gasteiger partial charge in [-0.25, -0.2) is 4.79 Å². The average Bonchev–Trinajstić information content (AvgIpc) is 3.05. The molecule has 7 heteroatoms. The first-order valence-electron chi connectivity index (χ1n) is 10.2. The van der Waals surface area contributed by atoms with E-state index in [1.165, 1.54) is 7.11 Å². The van der Waals surface area contributed by atoms with E-state index < -0.39 is 0 Å². The van der Waals surface area contributed by atoms with Crippen LogP contribution < -0.4 is 0 Å². The first-order chi connectivity index (χ1) is 13.5. The van der Waals surface area contributed by atoms with Crippen molar-refractivity contribution in [3.05, 3.63) is 35.4 Å². The van der Waals surface area contributed by atoms with Crippen molar-refractivity contribution >= 4 is 5.97 Å². The van der Waals surface area contributed by atoms with E-state index in [4.69, 9.17) is 4.74 Å². The van der Waals surface area contributed by atoms with Gasteiger partial charge in [0.05, 0.1) is 24.3 Å². The van der Waals surface area contributed by atoms with E-state index in [-0.39, 0.29) is 24.2 Å². The Hall–Kier alpha value is -1.51. The molecule has 154 valence electrons. The lowest BCUT2D eigenvalue weighted by Crippen LogP contribution is -2.77. The summed E-state index contributed by atoms with van der Waals surface area (Å²) in [5.74, 6) is -0.303. The van der Waals surface area contributed by atoms with Gasteiger partial charge in [0.25, 0.3) is 0 Å². The van der Waals surface area contributed by atoms with Gasteiger partial charge >= 0.3 is 5.97 Å². The molecule has 28 heavy (non-hydrogen) atoms. The molecule has 0 amide bonds. The van der Waals surface area contributed by atoms with E-state index >= 15 is 0 Å². The van der Waals surface area contributed by atoms with Gasteiger partial charge in [0.2, 0.25) is 0 Å². The molecule has 1 aromatic carbocycles. The summed E-state index contributed by atoms with van der Waals surface area (Å²) in [7, 11) is 1.40. The number of carbonyl (C=O) groups excluding carboxylic acids is 1. The summed E-state index contributed by atoms with van der Waals surface area (Å²) in [5.41, 5.74) is 1.80. The number of piperazine rings is 1. The molecule has 0 saturated carbocycles. The van der Waals surface area contributed by atoms with Crippen LogP contribution in [0.3, 0.4) is 0 Å². The summed E-state index contributed by atoms with van der Waals surface area (Å²) < 4.78 is 4.82. The van der Waals surface area contributed by atoms with Crippen LogP contribution in [0.2, 0.25) is 0 Å². The molecule has 4 rings (SSSR count). The average molecular weight is 389 g/mol.